The first-order valence-electron chi connectivity index (χ1n) is 9.05. The lowest BCUT2D eigenvalue weighted by Crippen LogP contribution is -2.70. The molecule has 1 aromatic carbocycles. The molecule has 0 saturated carbocycles. The molecule has 9 heteroatoms. The van der Waals surface area contributed by atoms with Crippen LogP contribution in [-0.4, -0.2) is 50.0 Å². The van der Waals surface area contributed by atoms with Gasteiger partial charge in [0.2, 0.25) is 0 Å². The van der Waals surface area contributed by atoms with Gasteiger partial charge in [-0.2, -0.15) is 0 Å². The van der Waals surface area contributed by atoms with Crippen LogP contribution in [-0.2, 0) is 6.42 Å². The fourth-order valence-corrected chi connectivity index (χ4v) is 4.25. The summed E-state index contributed by atoms with van der Waals surface area (Å²) in [6.07, 6.45) is 5.09. The van der Waals surface area contributed by atoms with E-state index >= 15 is 0 Å². The van der Waals surface area contributed by atoms with Crippen LogP contribution < -0.4 is 5.73 Å². The van der Waals surface area contributed by atoms with Gasteiger partial charge in [-0.25, -0.2) is 9.37 Å². The number of hydrogen-bond donors (Lipinski definition) is 2. The lowest BCUT2D eigenvalue weighted by Gasteiger charge is -2.48. The Balaban J connectivity index is 1.75. The number of nitrogens with zero attached hydrogens (tertiary/aromatic N) is 3. The van der Waals surface area contributed by atoms with Crippen LogP contribution in [0.15, 0.2) is 36.8 Å². The molecule has 0 bridgehead atoms. The van der Waals surface area contributed by atoms with Gasteiger partial charge in [-0.05, 0) is 52.8 Å². The van der Waals surface area contributed by atoms with Crippen molar-refractivity contribution in [3.63, 3.8) is 0 Å². The van der Waals surface area contributed by atoms with Crippen molar-refractivity contribution in [2.75, 3.05) is 13.1 Å². The molecule has 3 heterocycles. The molecule has 1 unspecified atom stereocenters. The first-order chi connectivity index (χ1) is 13.7. The molecule has 1 atom stereocenters. The second-order valence-electron chi connectivity index (χ2n) is 7.46. The standard InChI is InChI=1S/C20H19ClFIN4O2/c1-11(24)20(29)9-27(10-20)19(28)15-8-26-5-4-25-18(26)17(21)14(15)6-12-2-3-13(23)7-16(12)22/h2-5,7-8,11,29H,6,9-10,24H2,1H3. The van der Waals surface area contributed by atoms with Gasteiger partial charge in [0.25, 0.3) is 5.91 Å². The van der Waals surface area contributed by atoms with E-state index in [-0.39, 0.29) is 31.2 Å². The van der Waals surface area contributed by atoms with Gasteiger partial charge in [-0.1, -0.05) is 17.7 Å². The maximum atomic E-state index is 14.5. The van der Waals surface area contributed by atoms with E-state index in [2.05, 4.69) is 4.98 Å². The van der Waals surface area contributed by atoms with Crippen molar-refractivity contribution < 1.29 is 14.3 Å². The lowest BCUT2D eigenvalue weighted by atomic mass is 9.86. The van der Waals surface area contributed by atoms with Crippen LogP contribution in [0.3, 0.4) is 0 Å². The van der Waals surface area contributed by atoms with Crippen molar-refractivity contribution in [2.24, 2.45) is 5.73 Å². The van der Waals surface area contributed by atoms with E-state index < -0.39 is 11.6 Å². The first-order valence-corrected chi connectivity index (χ1v) is 10.5. The number of aliphatic hydroxyl groups is 1. The Morgan fingerprint density at radius 1 is 1.48 bits per heavy atom. The highest BCUT2D eigenvalue weighted by molar-refractivity contribution is 14.1. The van der Waals surface area contributed by atoms with Gasteiger partial charge in [-0.15, -0.1) is 0 Å². The number of fused-ring (bicyclic) bond motifs is 1. The SMILES string of the molecule is CC(N)C1(O)CN(C(=O)c2cn3ccnc3c(Cl)c2Cc2ccc(I)cc2F)C1. The van der Waals surface area contributed by atoms with E-state index in [4.69, 9.17) is 17.3 Å². The fraction of sp³-hybridized carbons (Fsp3) is 0.300. The molecule has 152 valence electrons. The van der Waals surface area contributed by atoms with Crippen molar-refractivity contribution in [1.82, 2.24) is 14.3 Å². The maximum Gasteiger partial charge on any atom is 0.255 e. The normalized spacial score (nSPS) is 16.7. The third kappa shape index (κ3) is 3.63. The molecule has 1 fully saturated rings. The van der Waals surface area contributed by atoms with Gasteiger partial charge < -0.3 is 20.1 Å². The number of hydrogen-bond acceptors (Lipinski definition) is 4. The molecule has 0 spiro atoms. The minimum atomic E-state index is -1.10. The molecule has 3 aromatic rings. The van der Waals surface area contributed by atoms with Crippen molar-refractivity contribution >= 4 is 45.7 Å². The summed E-state index contributed by atoms with van der Waals surface area (Å²) in [7, 11) is 0. The van der Waals surface area contributed by atoms with Gasteiger partial charge in [0.15, 0.2) is 5.65 Å². The van der Waals surface area contributed by atoms with Crippen molar-refractivity contribution in [3.8, 4) is 0 Å². The van der Waals surface area contributed by atoms with Crippen LogP contribution in [0.25, 0.3) is 5.65 Å². The summed E-state index contributed by atoms with van der Waals surface area (Å²) in [6, 6.07) is 4.49. The minimum absolute atomic E-state index is 0.139. The number of β-amino-alcohol motifs (C(OH)–C–C–N with tert-alkyl or cyclic N) is 1. The second kappa shape index (κ2) is 7.50. The number of benzene rings is 1. The second-order valence-corrected chi connectivity index (χ2v) is 9.08. The van der Waals surface area contributed by atoms with Crippen molar-refractivity contribution in [2.45, 2.75) is 25.0 Å². The molecule has 29 heavy (non-hydrogen) atoms. The lowest BCUT2D eigenvalue weighted by molar-refractivity contribution is -0.0931. The van der Waals surface area contributed by atoms with Crippen molar-refractivity contribution in [1.29, 1.82) is 0 Å². The Labute approximate surface area is 185 Å². The highest BCUT2D eigenvalue weighted by Crippen LogP contribution is 2.32. The van der Waals surface area contributed by atoms with E-state index in [1.165, 1.54) is 11.0 Å². The van der Waals surface area contributed by atoms with Crippen LogP contribution in [0.1, 0.15) is 28.4 Å². The molecule has 6 nitrogen and oxygen atoms in total. The average Bonchev–Trinajstić information content (AvgIpc) is 3.11. The summed E-state index contributed by atoms with van der Waals surface area (Å²) >= 11 is 8.63. The number of pyridine rings is 1. The fourth-order valence-electron chi connectivity index (χ4n) is 3.49. The van der Waals surface area contributed by atoms with E-state index in [0.29, 0.717) is 27.4 Å². The predicted octanol–water partition coefficient (Wildman–Crippen LogP) is 2.86. The Hall–Kier alpha value is -1.75. The summed E-state index contributed by atoms with van der Waals surface area (Å²) in [6.45, 7) is 1.99. The van der Waals surface area contributed by atoms with Crippen LogP contribution in [0, 0.1) is 9.39 Å². The highest BCUT2D eigenvalue weighted by atomic mass is 127. The Morgan fingerprint density at radius 3 is 2.86 bits per heavy atom. The van der Waals surface area contributed by atoms with E-state index in [1.54, 1.807) is 42.0 Å². The van der Waals surface area contributed by atoms with Crippen LogP contribution >= 0.6 is 34.2 Å². The van der Waals surface area contributed by atoms with Gasteiger partial charge in [0, 0.05) is 34.6 Å². The number of halogens is 3. The van der Waals surface area contributed by atoms with Crippen molar-refractivity contribution in [3.05, 3.63) is 67.9 Å². The number of aromatic nitrogens is 2. The molecular formula is C20H19ClFIN4O2. The van der Waals surface area contributed by atoms with Gasteiger partial charge in [0.1, 0.15) is 11.4 Å². The van der Waals surface area contributed by atoms with Crippen LogP contribution in [0.4, 0.5) is 4.39 Å². The molecule has 4 rings (SSSR count). The number of imidazole rings is 1. The number of carbonyl (C=O) groups excluding carboxylic acids is 1. The maximum absolute atomic E-state index is 14.5. The zero-order valence-electron chi connectivity index (χ0n) is 15.6. The number of carbonyl (C=O) groups is 1. The Morgan fingerprint density at radius 2 is 2.21 bits per heavy atom. The molecule has 1 amide bonds. The smallest absolute Gasteiger partial charge is 0.255 e. The monoisotopic (exact) mass is 528 g/mol. The number of nitrogens with two attached hydrogens (primary N) is 1. The largest absolute Gasteiger partial charge is 0.385 e. The topological polar surface area (TPSA) is 83.9 Å². The average molecular weight is 529 g/mol. The molecule has 1 saturated heterocycles. The molecular weight excluding hydrogens is 510 g/mol. The summed E-state index contributed by atoms with van der Waals surface area (Å²) in [4.78, 5) is 18.9. The van der Waals surface area contributed by atoms with Crippen LogP contribution in [0.5, 0.6) is 0 Å². The molecule has 2 aromatic heterocycles. The summed E-state index contributed by atoms with van der Waals surface area (Å²) < 4.78 is 16.9. The summed E-state index contributed by atoms with van der Waals surface area (Å²) in [5, 5.41) is 10.7. The zero-order valence-corrected chi connectivity index (χ0v) is 18.5. The van der Waals surface area contributed by atoms with Gasteiger partial charge in [0.05, 0.1) is 23.7 Å². The number of amides is 1. The quantitative estimate of drug-likeness (QED) is 0.510. The van der Waals surface area contributed by atoms with Gasteiger partial charge in [-0.3, -0.25) is 4.79 Å². The van der Waals surface area contributed by atoms with E-state index in [9.17, 15) is 14.3 Å². The summed E-state index contributed by atoms with van der Waals surface area (Å²) in [5.41, 5.74) is 6.51. The first kappa shape index (κ1) is 20.5. The number of rotatable bonds is 4. The zero-order chi connectivity index (χ0) is 20.9. The molecule has 0 aliphatic carbocycles. The Bertz CT molecular complexity index is 1110. The van der Waals surface area contributed by atoms with E-state index in [0.717, 1.165) is 3.57 Å². The van der Waals surface area contributed by atoms with Crippen LogP contribution in [0.2, 0.25) is 5.02 Å². The molecule has 1 aliphatic rings. The number of likely N-dealkylation sites (tertiary alicyclic amines) is 1. The third-order valence-electron chi connectivity index (χ3n) is 5.40. The third-order valence-corrected chi connectivity index (χ3v) is 6.47. The minimum Gasteiger partial charge on any atom is -0.385 e. The predicted molar refractivity (Wildman–Crippen MR) is 117 cm³/mol. The molecule has 0 radical (unpaired) electrons. The van der Waals surface area contributed by atoms with E-state index in [1.807, 2.05) is 22.6 Å². The Kier molecular flexibility index (Phi) is 5.30. The molecule has 1 aliphatic heterocycles. The highest BCUT2D eigenvalue weighted by Gasteiger charge is 2.47. The summed E-state index contributed by atoms with van der Waals surface area (Å²) in [5.74, 6) is -0.640. The molecule has 3 N–H and O–H groups in total. The van der Waals surface area contributed by atoms with Gasteiger partial charge >= 0.3 is 0 Å².